The summed E-state index contributed by atoms with van der Waals surface area (Å²) in [5, 5.41) is 9.09. The molecule has 3 N–H and O–H groups in total. The normalized spacial score (nSPS) is 10.6. The number of carbonyl (C=O) groups is 2. The van der Waals surface area contributed by atoms with E-state index in [1.54, 1.807) is 24.3 Å². The molecule has 0 saturated heterocycles. The second-order valence-corrected chi connectivity index (χ2v) is 4.18. The number of hydrogen-bond acceptors (Lipinski definition) is 2. The third-order valence-electron chi connectivity index (χ3n) is 2.83. The minimum Gasteiger partial charge on any atom is -0.478 e. The Morgan fingerprint density at radius 2 is 1.65 bits per heavy atom. The number of benzene rings is 2. The fraction of sp³-hybridized carbons (Fsp3) is 0. The van der Waals surface area contributed by atoms with Crippen molar-refractivity contribution in [2.75, 3.05) is 0 Å². The molecule has 0 fully saturated rings. The maximum absolute atomic E-state index is 11.5. The van der Waals surface area contributed by atoms with Crippen molar-refractivity contribution in [3.63, 3.8) is 0 Å². The Hall–Kier alpha value is -2.88. The fourth-order valence-corrected chi connectivity index (χ4v) is 1.91. The van der Waals surface area contributed by atoms with Gasteiger partial charge >= 0.3 is 5.97 Å². The molecule has 0 saturated carbocycles. The first kappa shape index (κ1) is 13.5. The van der Waals surface area contributed by atoms with Crippen LogP contribution in [0, 0.1) is 0 Å². The van der Waals surface area contributed by atoms with Gasteiger partial charge in [0.15, 0.2) is 0 Å². The minimum atomic E-state index is -1.17. The van der Waals surface area contributed by atoms with Crippen LogP contribution in [0.4, 0.5) is 0 Å². The average molecular weight is 267 g/mol. The fourth-order valence-electron chi connectivity index (χ4n) is 1.91. The highest BCUT2D eigenvalue weighted by Gasteiger charge is 2.16. The summed E-state index contributed by atoms with van der Waals surface area (Å²) in [7, 11) is 0. The third kappa shape index (κ3) is 2.92. The first-order valence-electron chi connectivity index (χ1n) is 5.99. The molecule has 0 heterocycles. The Bertz CT molecular complexity index is 675. The van der Waals surface area contributed by atoms with Crippen molar-refractivity contribution < 1.29 is 14.7 Å². The molecule has 1 amide bonds. The Labute approximate surface area is 116 Å². The Kier molecular flexibility index (Phi) is 3.96. The van der Waals surface area contributed by atoms with E-state index in [-0.39, 0.29) is 11.1 Å². The molecule has 0 aromatic heterocycles. The van der Waals surface area contributed by atoms with E-state index in [0.717, 1.165) is 5.56 Å². The van der Waals surface area contributed by atoms with E-state index in [2.05, 4.69) is 0 Å². The van der Waals surface area contributed by atoms with E-state index in [9.17, 15) is 9.59 Å². The predicted molar refractivity (Wildman–Crippen MR) is 77.3 cm³/mol. The molecule has 0 bridgehead atoms. The maximum Gasteiger partial charge on any atom is 0.336 e. The molecule has 4 heteroatoms. The van der Waals surface area contributed by atoms with Gasteiger partial charge in [-0.3, -0.25) is 4.79 Å². The first-order chi connectivity index (χ1) is 9.59. The van der Waals surface area contributed by atoms with Gasteiger partial charge in [-0.05, 0) is 17.2 Å². The van der Waals surface area contributed by atoms with Gasteiger partial charge in [0.1, 0.15) is 0 Å². The number of rotatable bonds is 4. The lowest BCUT2D eigenvalue weighted by molar-refractivity contribution is 0.0692. The van der Waals surface area contributed by atoms with Gasteiger partial charge < -0.3 is 10.8 Å². The zero-order chi connectivity index (χ0) is 14.5. The molecule has 2 aromatic rings. The van der Waals surface area contributed by atoms with Crippen molar-refractivity contribution in [2.24, 2.45) is 5.73 Å². The molecule has 2 rings (SSSR count). The van der Waals surface area contributed by atoms with Crippen molar-refractivity contribution >= 4 is 24.0 Å². The smallest absolute Gasteiger partial charge is 0.336 e. The molecule has 0 radical (unpaired) electrons. The van der Waals surface area contributed by atoms with Crippen LogP contribution in [0.5, 0.6) is 0 Å². The van der Waals surface area contributed by atoms with E-state index in [1.165, 1.54) is 6.07 Å². The molecular weight excluding hydrogens is 254 g/mol. The predicted octanol–water partition coefficient (Wildman–Crippen LogP) is 2.65. The van der Waals surface area contributed by atoms with Gasteiger partial charge in [0.2, 0.25) is 5.91 Å². The van der Waals surface area contributed by atoms with Gasteiger partial charge in [-0.1, -0.05) is 54.6 Å². The highest BCUT2D eigenvalue weighted by Crippen LogP contribution is 2.17. The standard InChI is InChI=1S/C16H13NO3/c17-15(18)14-12(7-4-8-13(14)16(19)20)10-9-11-5-2-1-3-6-11/h1-10H,(H2,17,18)(H,19,20). The molecular formula is C16H13NO3. The van der Waals surface area contributed by atoms with Crippen molar-refractivity contribution in [1.82, 2.24) is 0 Å². The quantitative estimate of drug-likeness (QED) is 0.836. The topological polar surface area (TPSA) is 80.4 Å². The minimum absolute atomic E-state index is 0.0205. The number of carboxylic acid groups (broad SMARTS) is 1. The molecule has 100 valence electrons. The van der Waals surface area contributed by atoms with E-state index in [4.69, 9.17) is 10.8 Å². The van der Waals surface area contributed by atoms with Crippen LogP contribution < -0.4 is 5.73 Å². The van der Waals surface area contributed by atoms with E-state index >= 15 is 0 Å². The summed E-state index contributed by atoms with van der Waals surface area (Å²) in [6, 6.07) is 14.1. The number of aromatic carboxylic acids is 1. The average Bonchev–Trinajstić information content (AvgIpc) is 2.45. The molecule has 0 aliphatic rings. The Morgan fingerprint density at radius 1 is 0.950 bits per heavy atom. The summed E-state index contributed by atoms with van der Waals surface area (Å²) in [5.74, 6) is -1.93. The number of hydrogen-bond donors (Lipinski definition) is 2. The third-order valence-corrected chi connectivity index (χ3v) is 2.83. The van der Waals surface area contributed by atoms with E-state index in [1.807, 2.05) is 30.3 Å². The first-order valence-corrected chi connectivity index (χ1v) is 5.99. The van der Waals surface area contributed by atoms with E-state index in [0.29, 0.717) is 5.56 Å². The summed E-state index contributed by atoms with van der Waals surface area (Å²) >= 11 is 0. The largest absolute Gasteiger partial charge is 0.478 e. The molecule has 0 aliphatic carbocycles. The van der Waals surface area contributed by atoms with Crippen LogP contribution in [0.25, 0.3) is 12.2 Å². The molecule has 20 heavy (non-hydrogen) atoms. The van der Waals surface area contributed by atoms with Crippen LogP contribution in [0.15, 0.2) is 48.5 Å². The maximum atomic E-state index is 11.5. The van der Waals surface area contributed by atoms with E-state index < -0.39 is 11.9 Å². The van der Waals surface area contributed by atoms with Crippen molar-refractivity contribution in [3.05, 3.63) is 70.8 Å². The van der Waals surface area contributed by atoms with Crippen molar-refractivity contribution in [2.45, 2.75) is 0 Å². The van der Waals surface area contributed by atoms with Crippen LogP contribution >= 0.6 is 0 Å². The van der Waals surface area contributed by atoms with Crippen LogP contribution in [0.3, 0.4) is 0 Å². The van der Waals surface area contributed by atoms with Gasteiger partial charge in [-0.15, -0.1) is 0 Å². The molecule has 2 aromatic carbocycles. The number of nitrogens with two attached hydrogens (primary N) is 1. The summed E-state index contributed by atoms with van der Waals surface area (Å²) in [6.07, 6.45) is 3.48. The lowest BCUT2D eigenvalue weighted by Crippen LogP contribution is -2.17. The lowest BCUT2D eigenvalue weighted by Gasteiger charge is -2.06. The molecule has 0 unspecified atom stereocenters. The summed E-state index contributed by atoms with van der Waals surface area (Å²) in [4.78, 5) is 22.6. The Balaban J connectivity index is 2.47. The summed E-state index contributed by atoms with van der Waals surface area (Å²) < 4.78 is 0. The summed E-state index contributed by atoms with van der Waals surface area (Å²) in [6.45, 7) is 0. The number of carboxylic acids is 1. The van der Waals surface area contributed by atoms with Gasteiger partial charge in [0, 0.05) is 0 Å². The zero-order valence-corrected chi connectivity index (χ0v) is 10.6. The van der Waals surface area contributed by atoms with Crippen LogP contribution in [-0.4, -0.2) is 17.0 Å². The van der Waals surface area contributed by atoms with Gasteiger partial charge in [-0.25, -0.2) is 4.79 Å². The zero-order valence-electron chi connectivity index (χ0n) is 10.6. The molecule has 0 atom stereocenters. The highest BCUT2D eigenvalue weighted by molar-refractivity contribution is 6.07. The summed E-state index contributed by atoms with van der Waals surface area (Å²) in [5.41, 5.74) is 6.65. The SMILES string of the molecule is NC(=O)c1c(C=Cc2ccccc2)cccc1C(=O)O. The monoisotopic (exact) mass is 267 g/mol. The highest BCUT2D eigenvalue weighted by atomic mass is 16.4. The number of amides is 1. The molecule has 0 spiro atoms. The second-order valence-electron chi connectivity index (χ2n) is 4.18. The molecule has 0 aliphatic heterocycles. The van der Waals surface area contributed by atoms with Gasteiger partial charge in [0.05, 0.1) is 11.1 Å². The number of primary amides is 1. The number of carbonyl (C=O) groups excluding carboxylic acids is 1. The Morgan fingerprint density at radius 3 is 2.25 bits per heavy atom. The molecule has 4 nitrogen and oxygen atoms in total. The van der Waals surface area contributed by atoms with Gasteiger partial charge in [-0.2, -0.15) is 0 Å². The lowest BCUT2D eigenvalue weighted by atomic mass is 9.99. The van der Waals surface area contributed by atoms with Crippen LogP contribution in [0.2, 0.25) is 0 Å². The van der Waals surface area contributed by atoms with Crippen LogP contribution in [-0.2, 0) is 0 Å². The second kappa shape index (κ2) is 5.84. The van der Waals surface area contributed by atoms with Gasteiger partial charge in [0.25, 0.3) is 0 Å². The van der Waals surface area contributed by atoms with Crippen molar-refractivity contribution in [1.29, 1.82) is 0 Å². The van der Waals surface area contributed by atoms with Crippen LogP contribution in [0.1, 0.15) is 31.8 Å². The van der Waals surface area contributed by atoms with Crippen molar-refractivity contribution in [3.8, 4) is 0 Å².